The highest BCUT2D eigenvalue weighted by Gasteiger charge is 2.10. The van der Waals surface area contributed by atoms with Crippen LogP contribution in [0.1, 0.15) is 0 Å². The van der Waals surface area contributed by atoms with Crippen LogP contribution in [0.2, 0.25) is 0 Å². The first-order valence-electron chi connectivity index (χ1n) is 2.43. The lowest BCUT2D eigenvalue weighted by molar-refractivity contribution is 0.255. The molecule has 9 heavy (non-hydrogen) atoms. The lowest BCUT2D eigenvalue weighted by atomic mass is 10.9. The Morgan fingerprint density at radius 1 is 1.89 bits per heavy atom. The fourth-order valence-corrected chi connectivity index (χ4v) is 1.12. The van der Waals surface area contributed by atoms with Gasteiger partial charge in [0.2, 0.25) is 0 Å². The molecule has 5 heteroatoms. The molecule has 1 aliphatic rings. The predicted molar refractivity (Wildman–Crippen MR) is 35.4 cm³/mol. The van der Waals surface area contributed by atoms with Crippen LogP contribution >= 0.6 is 11.8 Å². The number of nitrogens with zero attached hydrogens (tertiary/aromatic N) is 1. The van der Waals surface area contributed by atoms with Gasteiger partial charge in [0.25, 0.3) is 5.23 Å². The van der Waals surface area contributed by atoms with Crippen LogP contribution in [0.15, 0.2) is 4.99 Å². The maximum Gasteiger partial charge on any atom is 0.342 e. The lowest BCUT2D eigenvalue weighted by Crippen LogP contribution is -2.07. The van der Waals surface area contributed by atoms with Crippen LogP contribution in [-0.2, 0) is 4.74 Å². The summed E-state index contributed by atoms with van der Waals surface area (Å²) in [5.74, 6) is 0.853. The van der Waals surface area contributed by atoms with E-state index in [4.69, 9.17) is 10.5 Å². The van der Waals surface area contributed by atoms with Gasteiger partial charge in [-0.1, -0.05) is 11.8 Å². The maximum atomic E-state index is 10.1. The summed E-state index contributed by atoms with van der Waals surface area (Å²) < 4.78 is 4.88. The summed E-state index contributed by atoms with van der Waals surface area (Å²) in [4.78, 5) is 13.5. The molecule has 50 valence electrons. The summed E-state index contributed by atoms with van der Waals surface area (Å²) in [5, 5.41) is 0.391. The van der Waals surface area contributed by atoms with Gasteiger partial charge in [-0.25, -0.2) is 4.79 Å². The quantitative estimate of drug-likeness (QED) is 0.530. The molecule has 0 aliphatic carbocycles. The molecule has 1 saturated heterocycles. The second kappa shape index (κ2) is 2.72. The molecule has 0 radical (unpaired) electrons. The molecule has 1 fully saturated rings. The fraction of sp³-hybridized carbons (Fsp3) is 0.500. The SMILES string of the molecule is NC(=O)N=C1OCCS1. The number of urea groups is 1. The minimum absolute atomic E-state index is 0.391. The number of nitrogens with two attached hydrogens (primary N) is 1. The molecule has 0 aromatic rings. The summed E-state index contributed by atoms with van der Waals surface area (Å²) in [6.07, 6.45) is 0. The van der Waals surface area contributed by atoms with Gasteiger partial charge in [0.1, 0.15) is 6.61 Å². The number of aliphatic imine (C=N–C) groups is 1. The maximum absolute atomic E-state index is 10.1. The average molecular weight is 146 g/mol. The zero-order valence-corrected chi connectivity index (χ0v) is 5.48. The van der Waals surface area contributed by atoms with E-state index in [2.05, 4.69) is 4.99 Å². The zero-order chi connectivity index (χ0) is 6.69. The summed E-state index contributed by atoms with van der Waals surface area (Å²) in [6, 6.07) is -0.695. The van der Waals surface area contributed by atoms with E-state index in [9.17, 15) is 4.79 Å². The molecule has 1 aliphatic heterocycles. The number of ether oxygens (including phenoxy) is 1. The monoisotopic (exact) mass is 146 g/mol. The molecule has 2 amide bonds. The Labute approximate surface area is 56.5 Å². The van der Waals surface area contributed by atoms with Crippen LogP contribution in [-0.4, -0.2) is 23.6 Å². The van der Waals surface area contributed by atoms with Crippen molar-refractivity contribution in [1.29, 1.82) is 0 Å². The number of primary amides is 1. The van der Waals surface area contributed by atoms with E-state index >= 15 is 0 Å². The van der Waals surface area contributed by atoms with Crippen molar-refractivity contribution < 1.29 is 9.53 Å². The third-order valence-corrected chi connectivity index (χ3v) is 1.56. The third-order valence-electron chi connectivity index (χ3n) is 0.736. The van der Waals surface area contributed by atoms with Crippen LogP contribution in [0.4, 0.5) is 4.79 Å². The number of carbonyl (C=O) groups excluding carboxylic acids is 1. The Hall–Kier alpha value is -0.710. The molecule has 0 bridgehead atoms. The number of thioether (sulfide) groups is 1. The standard InChI is InChI=1S/C4H6N2O2S/c5-3(7)6-4-8-1-2-9-4/h1-2H2,(H2,5,7). The Bertz CT molecular complexity index is 149. The number of amides is 2. The molecule has 2 N–H and O–H groups in total. The van der Waals surface area contributed by atoms with Crippen molar-refractivity contribution in [3.05, 3.63) is 0 Å². The minimum atomic E-state index is -0.695. The van der Waals surface area contributed by atoms with Gasteiger partial charge in [-0.05, 0) is 0 Å². The second-order valence-corrected chi connectivity index (χ2v) is 2.46. The summed E-state index contributed by atoms with van der Waals surface area (Å²) in [5.41, 5.74) is 4.75. The lowest BCUT2D eigenvalue weighted by Gasteiger charge is -1.89. The Morgan fingerprint density at radius 2 is 2.67 bits per heavy atom. The fourth-order valence-electron chi connectivity index (χ4n) is 0.454. The van der Waals surface area contributed by atoms with Crippen molar-refractivity contribution in [2.75, 3.05) is 12.4 Å². The Balaban J connectivity index is 2.49. The highest BCUT2D eigenvalue weighted by molar-refractivity contribution is 8.13. The smallest absolute Gasteiger partial charge is 0.342 e. The van der Waals surface area contributed by atoms with E-state index in [1.54, 1.807) is 0 Å². The first-order chi connectivity index (χ1) is 4.29. The molecule has 4 nitrogen and oxygen atoms in total. The molecular weight excluding hydrogens is 140 g/mol. The highest BCUT2D eigenvalue weighted by Crippen LogP contribution is 2.12. The van der Waals surface area contributed by atoms with Crippen LogP contribution in [0.3, 0.4) is 0 Å². The van der Waals surface area contributed by atoms with Gasteiger partial charge in [-0.3, -0.25) is 0 Å². The highest BCUT2D eigenvalue weighted by atomic mass is 32.2. The van der Waals surface area contributed by atoms with Gasteiger partial charge in [0.15, 0.2) is 0 Å². The second-order valence-electron chi connectivity index (χ2n) is 1.41. The van der Waals surface area contributed by atoms with E-state index in [0.29, 0.717) is 11.8 Å². The van der Waals surface area contributed by atoms with Gasteiger partial charge in [0, 0.05) is 5.75 Å². The number of hydrogen-bond acceptors (Lipinski definition) is 3. The molecule has 0 spiro atoms. The Morgan fingerprint density at radius 3 is 3.11 bits per heavy atom. The normalized spacial score (nSPS) is 22.0. The molecule has 0 atom stereocenters. The third kappa shape index (κ3) is 1.93. The van der Waals surface area contributed by atoms with Gasteiger partial charge >= 0.3 is 6.03 Å². The van der Waals surface area contributed by atoms with E-state index in [0.717, 1.165) is 5.75 Å². The van der Waals surface area contributed by atoms with Crippen LogP contribution in [0.5, 0.6) is 0 Å². The molecular formula is C4H6N2O2S. The molecule has 1 heterocycles. The van der Waals surface area contributed by atoms with E-state index in [1.165, 1.54) is 11.8 Å². The zero-order valence-electron chi connectivity index (χ0n) is 4.66. The van der Waals surface area contributed by atoms with Crippen molar-refractivity contribution in [1.82, 2.24) is 0 Å². The van der Waals surface area contributed by atoms with Crippen molar-refractivity contribution >= 4 is 23.0 Å². The summed E-state index contributed by atoms with van der Waals surface area (Å²) >= 11 is 1.40. The van der Waals surface area contributed by atoms with Crippen LogP contribution in [0, 0.1) is 0 Å². The van der Waals surface area contributed by atoms with Crippen molar-refractivity contribution in [3.63, 3.8) is 0 Å². The largest absolute Gasteiger partial charge is 0.472 e. The van der Waals surface area contributed by atoms with E-state index in [1.807, 2.05) is 0 Å². The first kappa shape index (κ1) is 6.41. The molecule has 0 aromatic carbocycles. The minimum Gasteiger partial charge on any atom is -0.472 e. The average Bonchev–Trinajstić information content (AvgIpc) is 2.15. The van der Waals surface area contributed by atoms with Crippen molar-refractivity contribution in [3.8, 4) is 0 Å². The molecule has 0 aromatic heterocycles. The predicted octanol–water partition coefficient (Wildman–Crippen LogP) is 0.185. The molecule has 1 rings (SSSR count). The van der Waals surface area contributed by atoms with E-state index < -0.39 is 6.03 Å². The summed E-state index contributed by atoms with van der Waals surface area (Å²) in [7, 11) is 0. The number of hydrogen-bond donors (Lipinski definition) is 1. The van der Waals surface area contributed by atoms with E-state index in [-0.39, 0.29) is 0 Å². The molecule has 0 unspecified atom stereocenters. The van der Waals surface area contributed by atoms with Gasteiger partial charge in [0.05, 0.1) is 0 Å². The topological polar surface area (TPSA) is 64.7 Å². The Kier molecular flexibility index (Phi) is 1.94. The van der Waals surface area contributed by atoms with Gasteiger partial charge in [-0.2, -0.15) is 4.99 Å². The van der Waals surface area contributed by atoms with Gasteiger partial charge in [-0.15, -0.1) is 0 Å². The number of rotatable bonds is 0. The van der Waals surface area contributed by atoms with Crippen molar-refractivity contribution in [2.24, 2.45) is 10.7 Å². The van der Waals surface area contributed by atoms with Gasteiger partial charge < -0.3 is 10.5 Å². The van der Waals surface area contributed by atoms with Crippen LogP contribution in [0.25, 0.3) is 0 Å². The molecule has 0 saturated carbocycles. The first-order valence-corrected chi connectivity index (χ1v) is 3.41. The summed E-state index contributed by atoms with van der Waals surface area (Å²) in [6.45, 7) is 0.622. The van der Waals surface area contributed by atoms with Crippen LogP contribution < -0.4 is 5.73 Å². The van der Waals surface area contributed by atoms with Crippen molar-refractivity contribution in [2.45, 2.75) is 0 Å². The number of carbonyl (C=O) groups is 1.